The minimum atomic E-state index is -0.702. The van der Waals surface area contributed by atoms with Gasteiger partial charge in [0.2, 0.25) is 5.91 Å². The van der Waals surface area contributed by atoms with Gasteiger partial charge >= 0.3 is 36.6 Å². The van der Waals surface area contributed by atoms with Crippen LogP contribution in [0.15, 0.2) is 170 Å². The van der Waals surface area contributed by atoms with E-state index in [1.54, 1.807) is 138 Å². The van der Waals surface area contributed by atoms with E-state index in [2.05, 4.69) is 82.2 Å². The number of amides is 7. The molecule has 0 fully saturated rings. The topological polar surface area (TPSA) is 272 Å². The number of nitrogens with zero attached hydrogens (tertiary/aromatic N) is 4. The van der Waals surface area contributed by atoms with Crippen molar-refractivity contribution in [2.24, 2.45) is 0 Å². The molecule has 590 valence electrons. The molecule has 28 heteroatoms. The van der Waals surface area contributed by atoms with E-state index in [1.807, 2.05) is 44.7 Å². The van der Waals surface area contributed by atoms with Gasteiger partial charge < -0.3 is 53.3 Å². The minimum Gasteiger partial charge on any atom is -0.453 e. The Morgan fingerprint density at radius 1 is 0.389 bits per heavy atom. The van der Waals surface area contributed by atoms with Gasteiger partial charge in [0.1, 0.15) is 23.3 Å². The molecule has 9 rings (SSSR count). The normalized spacial score (nSPS) is 10.3. The fraction of sp³-hybridized carbons (Fsp3) is 0.259. The van der Waals surface area contributed by atoms with E-state index < -0.39 is 36.6 Å². The summed E-state index contributed by atoms with van der Waals surface area (Å²) in [7, 11) is 2.46. The van der Waals surface area contributed by atoms with Crippen molar-refractivity contribution in [2.75, 3.05) is 124 Å². The van der Waals surface area contributed by atoms with Crippen LogP contribution in [0, 0.1) is 71.6 Å². The third kappa shape index (κ3) is 30.2. The van der Waals surface area contributed by atoms with Crippen molar-refractivity contribution < 1.29 is 79.5 Å². The molecular weight excluding hydrogens is 1460 g/mol. The number of benzene rings is 8. The van der Waals surface area contributed by atoms with E-state index in [1.165, 1.54) is 62.8 Å². The highest BCUT2D eigenvalue weighted by Crippen LogP contribution is 2.34. The highest BCUT2D eigenvalue weighted by atomic mass is 19.1. The van der Waals surface area contributed by atoms with Crippen molar-refractivity contribution in [2.45, 2.75) is 80.6 Å². The second-order valence-electron chi connectivity index (χ2n) is 23.8. The molecule has 7 N–H and O–H groups in total. The second-order valence-corrected chi connectivity index (χ2v) is 23.8. The zero-order chi connectivity index (χ0) is 82.0. The Bertz CT molecular complexity index is 4730. The van der Waals surface area contributed by atoms with Crippen LogP contribution in [0.1, 0.15) is 75.8 Å². The lowest BCUT2D eigenvalue weighted by Crippen LogP contribution is -2.24. The first kappa shape index (κ1) is 87.9. The summed E-state index contributed by atoms with van der Waals surface area (Å²) in [5.41, 5.74) is 10.6. The summed E-state index contributed by atoms with van der Waals surface area (Å²) in [6.45, 7) is 14.9. The van der Waals surface area contributed by atoms with Crippen molar-refractivity contribution >= 4 is 105 Å². The highest BCUT2D eigenvalue weighted by Gasteiger charge is 2.22. The molecule has 1 heterocycles. The summed E-state index contributed by atoms with van der Waals surface area (Å²) in [4.78, 5) is 90.3. The lowest BCUT2D eigenvalue weighted by atomic mass is 10.1. The number of ether oxygens (including phenoxy) is 6. The summed E-state index contributed by atoms with van der Waals surface area (Å²) in [6, 6.07) is 46.0. The van der Waals surface area contributed by atoms with Gasteiger partial charge in [-0.1, -0.05) is 79.1 Å². The second kappa shape index (κ2) is 47.1. The Balaban J connectivity index is 0.000000236. The van der Waals surface area contributed by atoms with Crippen molar-refractivity contribution in [1.29, 1.82) is 0 Å². The molecule has 0 saturated carbocycles. The summed E-state index contributed by atoms with van der Waals surface area (Å²) >= 11 is 0. The summed E-state index contributed by atoms with van der Waals surface area (Å²) in [5, 5.41) is 18.4. The van der Waals surface area contributed by atoms with Crippen molar-refractivity contribution in [3.05, 3.63) is 221 Å². The maximum atomic E-state index is 13.3. The SMILES string of the molecule is C#CCN(Cc1ccc(F)cc1)c1ccc(NC(=O)OC)c(NC(=O)OC)c1.C#CCN(Cc1ccc(F)cc1)c1ccc2c(c1)CC(=O)N2.CC#CCN(Cc1ccc(F)cc1)c1ccc(NC(=O)OCC)c(NC(=O)OCC)c1.CCC#CCN(Cc1ccc(F)cc1)c1ccc(NC(=O)OCC)c(NC(=O)OCC)c1. The van der Waals surface area contributed by atoms with Crippen LogP contribution in [0.3, 0.4) is 0 Å². The van der Waals surface area contributed by atoms with Crippen LogP contribution >= 0.6 is 0 Å². The summed E-state index contributed by atoms with van der Waals surface area (Å²) < 4.78 is 81.7. The van der Waals surface area contributed by atoms with Gasteiger partial charge in [-0.3, -0.25) is 36.7 Å². The van der Waals surface area contributed by atoms with E-state index in [9.17, 15) is 51.1 Å². The van der Waals surface area contributed by atoms with Crippen molar-refractivity contribution in [1.82, 2.24) is 0 Å². The molecule has 7 amide bonds. The quantitative estimate of drug-likeness (QED) is 0.0151. The number of terminal acetylenes is 2. The van der Waals surface area contributed by atoms with Crippen molar-refractivity contribution in [3.63, 3.8) is 0 Å². The largest absolute Gasteiger partial charge is 0.453 e. The average Bonchev–Trinajstić information content (AvgIpc) is 1.67. The molecule has 8 aromatic rings. The third-order valence-corrected chi connectivity index (χ3v) is 15.8. The number of anilines is 11. The maximum absolute atomic E-state index is 13.3. The number of carbonyl (C=O) groups excluding carboxylic acids is 7. The van der Waals surface area contributed by atoms with Crippen LogP contribution in [0.25, 0.3) is 0 Å². The predicted molar refractivity (Wildman–Crippen MR) is 432 cm³/mol. The predicted octanol–water partition coefficient (Wildman–Crippen LogP) is 17.2. The number of hydrogen-bond donors (Lipinski definition) is 7. The molecule has 1 aliphatic heterocycles. The first-order chi connectivity index (χ1) is 54.5. The van der Waals surface area contributed by atoms with Crippen LogP contribution in [0.2, 0.25) is 0 Å². The molecule has 0 bridgehead atoms. The van der Waals surface area contributed by atoms with Crippen LogP contribution in [-0.4, -0.2) is 109 Å². The lowest BCUT2D eigenvalue weighted by Gasteiger charge is -2.24. The fourth-order valence-corrected chi connectivity index (χ4v) is 10.5. The molecule has 24 nitrogen and oxygen atoms in total. The molecule has 0 unspecified atom stereocenters. The molecule has 0 atom stereocenters. The van der Waals surface area contributed by atoms with E-state index in [0.717, 1.165) is 57.0 Å². The fourth-order valence-electron chi connectivity index (χ4n) is 10.5. The summed E-state index contributed by atoms with van der Waals surface area (Å²) in [6.07, 6.45) is 8.11. The number of carbonyl (C=O) groups is 7. The molecule has 0 saturated heterocycles. The average molecular weight is 1550 g/mol. The van der Waals surface area contributed by atoms with E-state index >= 15 is 0 Å². The Morgan fingerprint density at radius 3 is 0.991 bits per heavy atom. The van der Waals surface area contributed by atoms with Crippen molar-refractivity contribution in [3.8, 4) is 48.4 Å². The first-order valence-electron chi connectivity index (χ1n) is 35.5. The number of methoxy groups -OCH3 is 2. The number of fused-ring (bicyclic) bond motifs is 1. The number of hydrogen-bond acceptors (Lipinski definition) is 17. The van der Waals surface area contributed by atoms with Gasteiger partial charge in [-0.15, -0.1) is 24.7 Å². The van der Waals surface area contributed by atoms with Crippen LogP contribution in [0.5, 0.6) is 0 Å². The molecule has 113 heavy (non-hydrogen) atoms. The van der Waals surface area contributed by atoms with Gasteiger partial charge in [0.05, 0.1) is 107 Å². The van der Waals surface area contributed by atoms with Crippen LogP contribution in [0.4, 0.5) is 109 Å². The van der Waals surface area contributed by atoms with E-state index in [0.29, 0.717) is 92.0 Å². The monoisotopic (exact) mass is 1550 g/mol. The third-order valence-electron chi connectivity index (χ3n) is 15.8. The molecule has 0 aliphatic carbocycles. The van der Waals surface area contributed by atoms with Gasteiger partial charge in [0.25, 0.3) is 0 Å². The Kier molecular flexibility index (Phi) is 36.6. The van der Waals surface area contributed by atoms with Crippen LogP contribution in [-0.2, 0) is 65.8 Å². The van der Waals surface area contributed by atoms with Crippen LogP contribution < -0.4 is 56.8 Å². The Morgan fingerprint density at radius 2 is 0.681 bits per heavy atom. The highest BCUT2D eigenvalue weighted by molar-refractivity contribution is 6.00. The molecule has 1 aliphatic rings. The van der Waals surface area contributed by atoms with Gasteiger partial charge in [-0.05, 0) is 184 Å². The molecular formula is C85H89F4N11O13. The minimum absolute atomic E-state index is 0.00850. The number of halogens is 4. The Labute approximate surface area is 655 Å². The van der Waals surface area contributed by atoms with Gasteiger partial charge in [-0.2, -0.15) is 0 Å². The van der Waals surface area contributed by atoms with Gasteiger partial charge in [0, 0.05) is 61.0 Å². The van der Waals surface area contributed by atoms with Gasteiger partial charge in [0.15, 0.2) is 0 Å². The molecule has 0 aromatic heterocycles. The Hall–Kier alpha value is -14.0. The molecule has 8 aromatic carbocycles. The van der Waals surface area contributed by atoms with Gasteiger partial charge in [-0.25, -0.2) is 46.3 Å². The number of nitrogens with one attached hydrogen (secondary N) is 7. The standard InChI is InChI=1S/C24H28FN3O4.C23H26FN3O4.C20H20FN3O4.C18H15FN2O/c1-4-7-8-15-28(17-18-9-11-19(25)12-10-18)20-13-14-21(26-23(29)31-5-2)22(16-20)27-24(30)32-6-3;1-4-7-14-27(16-17-8-10-18(24)11-9-17)19-12-13-20(25-22(28)30-5-2)21(15-19)26-23(29)31-6-3;1-4-11-24(13-14-5-7-15(21)8-6-14)16-9-10-17(22-19(25)27-2)18(12-16)23-20(26)28-3;1-2-9-21(12-13-3-5-15(19)6-4-13)16-7-8-17-14(10-16)11-18(22)20-17/h9-14,16H,4-6,15,17H2,1-3H3,(H,26,29)(H,27,30);8-13,15H,5-6,14,16H2,1-3H3,(H,25,28)(H,26,29);1,5-10,12H,11,13H2,2-3H3,(H,22,25)(H,23,26);1,3-8,10H,9,11-12H2,(H,20,22). The molecule has 0 spiro atoms. The van der Waals surface area contributed by atoms with E-state index in [-0.39, 0.29) is 62.1 Å². The summed E-state index contributed by atoms with van der Waals surface area (Å²) in [5.74, 6) is 16.1. The van der Waals surface area contributed by atoms with E-state index in [4.69, 9.17) is 31.8 Å². The molecule has 0 radical (unpaired) electrons. The zero-order valence-corrected chi connectivity index (χ0v) is 63.8. The zero-order valence-electron chi connectivity index (χ0n) is 63.8. The first-order valence-corrected chi connectivity index (χ1v) is 35.5. The lowest BCUT2D eigenvalue weighted by molar-refractivity contribution is -0.115. The number of rotatable bonds is 26. The smallest absolute Gasteiger partial charge is 0.411 e. The maximum Gasteiger partial charge on any atom is 0.411 e.